The van der Waals surface area contributed by atoms with Gasteiger partial charge in [-0.25, -0.2) is 0 Å². The van der Waals surface area contributed by atoms with E-state index < -0.39 is 49.3 Å². The smallest absolute Gasteiger partial charge is 0.246 e. The van der Waals surface area contributed by atoms with Crippen molar-refractivity contribution in [3.8, 4) is 0 Å². The van der Waals surface area contributed by atoms with Gasteiger partial charge in [0.1, 0.15) is 24.4 Å². The fraction of sp³-hybridized carbons (Fsp3) is 0.900. The molecule has 0 aromatic rings. The van der Waals surface area contributed by atoms with E-state index in [4.69, 9.17) is 20.3 Å². The van der Waals surface area contributed by atoms with Gasteiger partial charge < -0.3 is 35.6 Å². The van der Waals surface area contributed by atoms with Crippen molar-refractivity contribution in [1.29, 1.82) is 0 Å². The number of hydrogen-bond acceptors (Lipinski definition) is 7. The Kier molecular flexibility index (Phi) is 5.45. The molecule has 8 heteroatoms. The van der Waals surface area contributed by atoms with Crippen LogP contribution in [0.4, 0.5) is 0 Å². The number of aliphatic hydroxyl groups excluding tert-OH is 4. The standard InChI is InChI=1S/C10H19NO7/c1-4(9(11)16)17-10-6(14)2-5(13)8(15)7(3-12)18-10/h4-8,10,12-15H,2-3H2,1H3,(H2,11,16)/t4?,5?,6?,7?,8-,10+/m1/s1. The molecule has 1 heterocycles. The van der Waals surface area contributed by atoms with Crippen molar-refractivity contribution in [2.45, 2.75) is 50.2 Å². The maximum Gasteiger partial charge on any atom is 0.246 e. The Morgan fingerprint density at radius 1 is 1.44 bits per heavy atom. The summed E-state index contributed by atoms with van der Waals surface area (Å²) in [5, 5.41) is 37.9. The lowest BCUT2D eigenvalue weighted by molar-refractivity contribution is -0.237. The molecule has 18 heavy (non-hydrogen) atoms. The molecule has 6 atom stereocenters. The van der Waals surface area contributed by atoms with E-state index in [2.05, 4.69) is 0 Å². The lowest BCUT2D eigenvalue weighted by atomic mass is 10.0. The molecule has 0 saturated carbocycles. The molecule has 1 rings (SSSR count). The van der Waals surface area contributed by atoms with Crippen LogP contribution in [-0.4, -0.2) is 69.8 Å². The van der Waals surface area contributed by atoms with E-state index in [0.717, 1.165) is 0 Å². The third-order valence-corrected chi connectivity index (χ3v) is 2.80. The van der Waals surface area contributed by atoms with Gasteiger partial charge in [-0.2, -0.15) is 0 Å². The van der Waals surface area contributed by atoms with Crippen LogP contribution in [0.15, 0.2) is 0 Å². The summed E-state index contributed by atoms with van der Waals surface area (Å²) < 4.78 is 10.2. The average Bonchev–Trinajstić information content (AvgIpc) is 2.40. The van der Waals surface area contributed by atoms with Crippen LogP contribution < -0.4 is 5.73 Å². The molecule has 0 aliphatic carbocycles. The van der Waals surface area contributed by atoms with Crippen LogP contribution in [0.2, 0.25) is 0 Å². The molecule has 1 aliphatic heterocycles. The molecule has 6 N–H and O–H groups in total. The van der Waals surface area contributed by atoms with Crippen LogP contribution in [0, 0.1) is 0 Å². The molecule has 0 bridgehead atoms. The largest absolute Gasteiger partial charge is 0.394 e. The SMILES string of the molecule is CC(O[C@H]1OC(CO)[C@H](O)C(O)CC1O)C(N)=O. The summed E-state index contributed by atoms with van der Waals surface area (Å²) in [5.74, 6) is -0.739. The quantitative estimate of drug-likeness (QED) is 0.366. The first-order valence-corrected chi connectivity index (χ1v) is 5.62. The number of hydrogen-bond donors (Lipinski definition) is 5. The van der Waals surface area contributed by atoms with Gasteiger partial charge in [0.25, 0.3) is 0 Å². The molecule has 0 aromatic carbocycles. The Bertz CT molecular complexity index is 287. The Hall–Kier alpha value is -0.770. The van der Waals surface area contributed by atoms with Crippen LogP contribution in [0.5, 0.6) is 0 Å². The zero-order chi connectivity index (χ0) is 13.9. The monoisotopic (exact) mass is 265 g/mol. The van der Waals surface area contributed by atoms with Gasteiger partial charge >= 0.3 is 0 Å². The summed E-state index contributed by atoms with van der Waals surface area (Å²) >= 11 is 0. The Balaban J connectivity index is 2.74. The zero-order valence-corrected chi connectivity index (χ0v) is 9.97. The summed E-state index contributed by atoms with van der Waals surface area (Å²) in [6.45, 7) is 0.819. The molecular formula is C10H19NO7. The minimum absolute atomic E-state index is 0.201. The highest BCUT2D eigenvalue weighted by molar-refractivity contribution is 5.78. The van der Waals surface area contributed by atoms with E-state index in [1.165, 1.54) is 6.92 Å². The Morgan fingerprint density at radius 2 is 2.06 bits per heavy atom. The molecular weight excluding hydrogens is 246 g/mol. The van der Waals surface area contributed by atoms with Crippen LogP contribution >= 0.6 is 0 Å². The second kappa shape index (κ2) is 6.41. The third-order valence-electron chi connectivity index (χ3n) is 2.80. The Morgan fingerprint density at radius 3 is 2.56 bits per heavy atom. The number of nitrogens with two attached hydrogens (primary N) is 1. The summed E-state index contributed by atoms with van der Waals surface area (Å²) in [6.07, 6.45) is -7.41. The summed E-state index contributed by atoms with van der Waals surface area (Å²) in [6, 6.07) is 0. The van der Waals surface area contributed by atoms with Gasteiger partial charge in [-0.1, -0.05) is 0 Å². The van der Waals surface area contributed by atoms with Crippen LogP contribution in [0.25, 0.3) is 0 Å². The minimum Gasteiger partial charge on any atom is -0.394 e. The van der Waals surface area contributed by atoms with Gasteiger partial charge in [0.2, 0.25) is 5.91 Å². The first-order chi connectivity index (χ1) is 8.36. The van der Waals surface area contributed by atoms with Crippen molar-refractivity contribution in [3.05, 3.63) is 0 Å². The van der Waals surface area contributed by atoms with Crippen molar-refractivity contribution < 1.29 is 34.7 Å². The van der Waals surface area contributed by atoms with Gasteiger partial charge in [0, 0.05) is 6.42 Å². The number of carbonyl (C=O) groups is 1. The van der Waals surface area contributed by atoms with Gasteiger partial charge in [0.05, 0.1) is 12.7 Å². The van der Waals surface area contributed by atoms with E-state index in [0.29, 0.717) is 0 Å². The number of aliphatic hydroxyl groups is 4. The van der Waals surface area contributed by atoms with E-state index in [1.807, 2.05) is 0 Å². The molecule has 0 radical (unpaired) electrons. The summed E-state index contributed by atoms with van der Waals surface area (Å²) in [7, 11) is 0. The van der Waals surface area contributed by atoms with E-state index >= 15 is 0 Å². The molecule has 106 valence electrons. The second-order valence-electron chi connectivity index (χ2n) is 4.27. The van der Waals surface area contributed by atoms with Gasteiger partial charge in [-0.15, -0.1) is 0 Å². The van der Waals surface area contributed by atoms with Crippen molar-refractivity contribution in [2.24, 2.45) is 5.73 Å². The highest BCUT2D eigenvalue weighted by Crippen LogP contribution is 2.22. The predicted molar refractivity (Wildman–Crippen MR) is 58.1 cm³/mol. The van der Waals surface area contributed by atoms with E-state index in [9.17, 15) is 20.1 Å². The number of ether oxygens (including phenoxy) is 2. The lowest BCUT2D eigenvalue weighted by Gasteiger charge is -2.26. The normalized spacial score (nSPS) is 39.1. The van der Waals surface area contributed by atoms with Crippen LogP contribution in [0.3, 0.4) is 0 Å². The molecule has 4 unspecified atom stereocenters. The van der Waals surface area contributed by atoms with E-state index in [1.54, 1.807) is 0 Å². The van der Waals surface area contributed by atoms with Crippen LogP contribution in [0.1, 0.15) is 13.3 Å². The molecule has 1 saturated heterocycles. The number of amides is 1. The third kappa shape index (κ3) is 3.61. The van der Waals surface area contributed by atoms with Gasteiger partial charge in [0.15, 0.2) is 6.29 Å². The number of carbonyl (C=O) groups excluding carboxylic acids is 1. The topological polar surface area (TPSA) is 142 Å². The maximum absolute atomic E-state index is 10.9. The van der Waals surface area contributed by atoms with Crippen molar-refractivity contribution in [1.82, 2.24) is 0 Å². The molecule has 0 spiro atoms. The molecule has 1 amide bonds. The van der Waals surface area contributed by atoms with Crippen molar-refractivity contribution in [2.75, 3.05) is 6.61 Å². The molecule has 1 aliphatic rings. The fourth-order valence-corrected chi connectivity index (χ4v) is 1.63. The lowest BCUT2D eigenvalue weighted by Crippen LogP contribution is -2.42. The summed E-state index contributed by atoms with van der Waals surface area (Å²) in [4.78, 5) is 10.9. The van der Waals surface area contributed by atoms with Crippen molar-refractivity contribution >= 4 is 5.91 Å². The highest BCUT2D eigenvalue weighted by Gasteiger charge is 2.39. The maximum atomic E-state index is 10.9. The second-order valence-corrected chi connectivity index (χ2v) is 4.27. The molecule has 1 fully saturated rings. The minimum atomic E-state index is -1.35. The zero-order valence-electron chi connectivity index (χ0n) is 9.97. The van der Waals surface area contributed by atoms with Gasteiger partial charge in [-0.3, -0.25) is 4.79 Å². The first-order valence-electron chi connectivity index (χ1n) is 5.62. The predicted octanol–water partition coefficient (Wildman–Crippen LogP) is -2.93. The summed E-state index contributed by atoms with van der Waals surface area (Å²) in [5.41, 5.74) is 5.01. The number of primary amides is 1. The fourth-order valence-electron chi connectivity index (χ4n) is 1.63. The van der Waals surface area contributed by atoms with Crippen molar-refractivity contribution in [3.63, 3.8) is 0 Å². The first kappa shape index (κ1) is 15.3. The highest BCUT2D eigenvalue weighted by atomic mass is 16.7. The Labute approximate surface area is 104 Å². The molecule has 8 nitrogen and oxygen atoms in total. The van der Waals surface area contributed by atoms with E-state index in [-0.39, 0.29) is 6.42 Å². The van der Waals surface area contributed by atoms with Crippen LogP contribution in [-0.2, 0) is 14.3 Å². The molecule has 0 aromatic heterocycles. The average molecular weight is 265 g/mol. The van der Waals surface area contributed by atoms with Gasteiger partial charge in [-0.05, 0) is 6.92 Å². The number of rotatable bonds is 4.